The zero-order valence-electron chi connectivity index (χ0n) is 16.7. The summed E-state index contributed by atoms with van der Waals surface area (Å²) in [6.45, 7) is 2.09. The Kier molecular flexibility index (Phi) is 6.34. The Balaban J connectivity index is 2.07. The third-order valence-electron chi connectivity index (χ3n) is 5.07. The van der Waals surface area contributed by atoms with E-state index >= 15 is 0 Å². The molecule has 0 fully saturated rings. The first-order valence-electron chi connectivity index (χ1n) is 9.71. The lowest BCUT2D eigenvalue weighted by Gasteiger charge is -2.18. The van der Waals surface area contributed by atoms with Gasteiger partial charge in [-0.15, -0.1) is 0 Å². The van der Waals surface area contributed by atoms with E-state index in [-0.39, 0.29) is 11.8 Å². The molecule has 0 unspecified atom stereocenters. The minimum atomic E-state index is -0.301. The van der Waals surface area contributed by atoms with E-state index in [1.165, 1.54) is 7.11 Å². The fourth-order valence-corrected chi connectivity index (χ4v) is 3.64. The zero-order chi connectivity index (χ0) is 20.1. The molecular weight excluding hydrogens is 356 g/mol. The summed E-state index contributed by atoms with van der Waals surface area (Å²) in [7, 11) is 3.07. The van der Waals surface area contributed by atoms with Gasteiger partial charge in [-0.05, 0) is 36.1 Å². The summed E-state index contributed by atoms with van der Waals surface area (Å²) >= 11 is 0. The van der Waals surface area contributed by atoms with Gasteiger partial charge in [-0.25, -0.2) is 0 Å². The number of methoxy groups -OCH3 is 2. The van der Waals surface area contributed by atoms with Crippen LogP contribution in [0.3, 0.4) is 0 Å². The average Bonchev–Trinajstić information content (AvgIpc) is 3.09. The Morgan fingerprint density at radius 2 is 1.71 bits per heavy atom. The van der Waals surface area contributed by atoms with Crippen LogP contribution in [0.15, 0.2) is 30.3 Å². The summed E-state index contributed by atoms with van der Waals surface area (Å²) in [5.41, 5.74) is 3.35. The van der Waals surface area contributed by atoms with Crippen molar-refractivity contribution < 1.29 is 23.8 Å². The van der Waals surface area contributed by atoms with Gasteiger partial charge in [-0.1, -0.05) is 38.0 Å². The van der Waals surface area contributed by atoms with Crippen LogP contribution in [0.5, 0.6) is 17.2 Å². The second kappa shape index (κ2) is 8.91. The molecule has 2 aromatic carbocycles. The Hall–Kier alpha value is -2.82. The van der Waals surface area contributed by atoms with Gasteiger partial charge in [0.25, 0.3) is 0 Å². The minimum absolute atomic E-state index is 0.149. The minimum Gasteiger partial charge on any atom is -0.493 e. The molecule has 0 aromatic heterocycles. The molecule has 1 aliphatic carbocycles. The summed E-state index contributed by atoms with van der Waals surface area (Å²) in [5, 5.41) is 0. The van der Waals surface area contributed by atoms with Crippen LogP contribution in [0.1, 0.15) is 54.9 Å². The Morgan fingerprint density at radius 1 is 0.929 bits per heavy atom. The van der Waals surface area contributed by atoms with Crippen molar-refractivity contribution in [1.82, 2.24) is 0 Å². The van der Waals surface area contributed by atoms with Crippen molar-refractivity contribution in [2.45, 2.75) is 45.4 Å². The Labute approximate surface area is 165 Å². The maximum absolute atomic E-state index is 12.5. The molecule has 0 heterocycles. The normalized spacial score (nSPS) is 12.6. The third-order valence-corrected chi connectivity index (χ3v) is 5.07. The van der Waals surface area contributed by atoms with Crippen LogP contribution in [0.25, 0.3) is 11.1 Å². The maximum Gasteiger partial charge on any atom is 0.311 e. The van der Waals surface area contributed by atoms with E-state index in [0.717, 1.165) is 41.5 Å². The molecule has 0 saturated heterocycles. The smallest absolute Gasteiger partial charge is 0.311 e. The van der Waals surface area contributed by atoms with Crippen molar-refractivity contribution >= 4 is 11.8 Å². The number of benzene rings is 2. The monoisotopic (exact) mass is 382 g/mol. The summed E-state index contributed by atoms with van der Waals surface area (Å²) < 4.78 is 16.7. The van der Waals surface area contributed by atoms with E-state index in [1.807, 2.05) is 24.3 Å². The number of hydrogen-bond donors (Lipinski definition) is 0. The maximum atomic E-state index is 12.5. The first kappa shape index (κ1) is 19.9. The highest BCUT2D eigenvalue weighted by Gasteiger charge is 2.26. The number of hydrogen-bond acceptors (Lipinski definition) is 5. The SMILES string of the molecule is CCCCCC(=O)Oc1c(-c2cccc3c2CCC3=O)ccc(OC)c1OC. The van der Waals surface area contributed by atoms with E-state index in [1.54, 1.807) is 13.2 Å². The van der Waals surface area contributed by atoms with Crippen molar-refractivity contribution in [2.75, 3.05) is 14.2 Å². The first-order valence-corrected chi connectivity index (χ1v) is 9.71. The molecule has 0 saturated carbocycles. The predicted octanol–water partition coefficient (Wildman–Crippen LogP) is 4.99. The van der Waals surface area contributed by atoms with E-state index < -0.39 is 0 Å². The van der Waals surface area contributed by atoms with Crippen molar-refractivity contribution in [1.29, 1.82) is 0 Å². The van der Waals surface area contributed by atoms with Crippen molar-refractivity contribution in [3.8, 4) is 28.4 Å². The summed E-state index contributed by atoms with van der Waals surface area (Å²) in [5.74, 6) is 1.06. The van der Waals surface area contributed by atoms with Gasteiger partial charge in [0.2, 0.25) is 5.75 Å². The van der Waals surface area contributed by atoms with Gasteiger partial charge in [0, 0.05) is 24.0 Å². The highest BCUT2D eigenvalue weighted by Crippen LogP contribution is 2.46. The third kappa shape index (κ3) is 3.88. The summed E-state index contributed by atoms with van der Waals surface area (Å²) in [4.78, 5) is 24.6. The molecule has 2 aromatic rings. The van der Waals surface area contributed by atoms with Gasteiger partial charge in [-0.3, -0.25) is 9.59 Å². The summed E-state index contributed by atoms with van der Waals surface area (Å²) in [6, 6.07) is 9.31. The van der Waals surface area contributed by atoms with Crippen molar-refractivity contribution in [3.63, 3.8) is 0 Å². The number of esters is 1. The average molecular weight is 382 g/mol. The van der Waals surface area contributed by atoms with Crippen LogP contribution in [0.4, 0.5) is 0 Å². The summed E-state index contributed by atoms with van der Waals surface area (Å²) in [6.07, 6.45) is 4.33. The van der Waals surface area contributed by atoms with Crippen LogP contribution in [0.2, 0.25) is 0 Å². The second-order valence-corrected chi connectivity index (χ2v) is 6.86. The fourth-order valence-electron chi connectivity index (χ4n) is 3.64. The van der Waals surface area contributed by atoms with Gasteiger partial charge >= 0.3 is 5.97 Å². The molecule has 5 nitrogen and oxygen atoms in total. The molecule has 0 N–H and O–H groups in total. The number of rotatable bonds is 8. The van der Waals surface area contributed by atoms with Gasteiger partial charge in [0.05, 0.1) is 14.2 Å². The Morgan fingerprint density at radius 3 is 2.43 bits per heavy atom. The van der Waals surface area contributed by atoms with Gasteiger partial charge in [-0.2, -0.15) is 0 Å². The molecular formula is C23H26O5. The largest absolute Gasteiger partial charge is 0.493 e. The molecule has 0 amide bonds. The molecule has 0 spiro atoms. The number of carbonyl (C=O) groups is 2. The van der Waals surface area contributed by atoms with Gasteiger partial charge in [0.15, 0.2) is 17.3 Å². The van der Waals surface area contributed by atoms with Crippen molar-refractivity contribution in [2.24, 2.45) is 0 Å². The van der Waals surface area contributed by atoms with Crippen LogP contribution in [-0.2, 0) is 11.2 Å². The highest BCUT2D eigenvalue weighted by atomic mass is 16.6. The number of carbonyl (C=O) groups excluding carboxylic acids is 2. The van der Waals surface area contributed by atoms with E-state index in [4.69, 9.17) is 14.2 Å². The van der Waals surface area contributed by atoms with Crippen LogP contribution >= 0.6 is 0 Å². The molecule has 0 aliphatic heterocycles. The Bertz CT molecular complexity index is 885. The molecule has 5 heteroatoms. The van der Waals surface area contributed by atoms with Crippen molar-refractivity contribution in [3.05, 3.63) is 41.5 Å². The highest BCUT2D eigenvalue weighted by molar-refractivity contribution is 6.03. The lowest BCUT2D eigenvalue weighted by molar-refractivity contribution is -0.134. The molecule has 0 radical (unpaired) electrons. The fraction of sp³-hybridized carbons (Fsp3) is 0.391. The van der Waals surface area contributed by atoms with Crippen LogP contribution in [-0.4, -0.2) is 26.0 Å². The zero-order valence-corrected chi connectivity index (χ0v) is 16.7. The second-order valence-electron chi connectivity index (χ2n) is 6.86. The number of ether oxygens (including phenoxy) is 3. The van der Waals surface area contributed by atoms with E-state index in [9.17, 15) is 9.59 Å². The van der Waals surface area contributed by atoms with Crippen LogP contribution < -0.4 is 14.2 Å². The van der Waals surface area contributed by atoms with Gasteiger partial charge in [0.1, 0.15) is 0 Å². The lowest BCUT2D eigenvalue weighted by atomic mass is 9.95. The number of unbranched alkanes of at least 4 members (excludes halogenated alkanes) is 2. The number of fused-ring (bicyclic) bond motifs is 1. The van der Waals surface area contributed by atoms with Gasteiger partial charge < -0.3 is 14.2 Å². The molecule has 3 rings (SSSR count). The van der Waals surface area contributed by atoms with Crippen LogP contribution in [0, 0.1) is 0 Å². The standard InChI is InChI=1S/C23H26O5/c1-4-5-6-10-21(25)28-22-18(12-14-20(26-2)23(22)27-3)15-8-7-9-17-16(15)11-13-19(17)24/h7-9,12,14H,4-6,10-11,13H2,1-3H3. The molecule has 148 valence electrons. The molecule has 1 aliphatic rings. The first-order chi connectivity index (χ1) is 13.6. The quantitative estimate of drug-likeness (QED) is 0.366. The molecule has 0 atom stereocenters. The number of ketones is 1. The topological polar surface area (TPSA) is 61.8 Å². The van der Waals surface area contributed by atoms with E-state index in [2.05, 4.69) is 6.92 Å². The van der Waals surface area contributed by atoms with E-state index in [0.29, 0.717) is 36.5 Å². The predicted molar refractivity (Wildman–Crippen MR) is 107 cm³/mol. The molecule has 0 bridgehead atoms. The molecule has 28 heavy (non-hydrogen) atoms. The lowest BCUT2D eigenvalue weighted by Crippen LogP contribution is -2.10. The number of Topliss-reactive ketones (excluding diaryl/α,β-unsaturated/α-hetero) is 1.